The number of piperazine rings is 1. The maximum Gasteiger partial charge on any atom is 0.125 e. The Kier molecular flexibility index (Phi) is 2.84. The van der Waals surface area contributed by atoms with Gasteiger partial charge in [0.25, 0.3) is 0 Å². The van der Waals surface area contributed by atoms with E-state index in [9.17, 15) is 4.39 Å². The number of rotatable bonds is 1. The van der Waals surface area contributed by atoms with Crippen LogP contribution < -0.4 is 10.2 Å². The molecule has 0 unspecified atom stereocenters. The lowest BCUT2D eigenvalue weighted by molar-refractivity contribution is 0.584. The molecule has 0 bridgehead atoms. The summed E-state index contributed by atoms with van der Waals surface area (Å²) in [5.74, 6) is -0.289. The number of nitrogens with zero attached hydrogens (tertiary/aromatic N) is 2. The van der Waals surface area contributed by atoms with Crippen LogP contribution in [0.25, 0.3) is 0 Å². The van der Waals surface area contributed by atoms with Gasteiger partial charge in [-0.3, -0.25) is 0 Å². The molecule has 4 heteroatoms. The van der Waals surface area contributed by atoms with Crippen molar-refractivity contribution in [2.24, 2.45) is 0 Å². The van der Waals surface area contributed by atoms with E-state index in [1.165, 1.54) is 18.2 Å². The van der Waals surface area contributed by atoms with E-state index >= 15 is 0 Å². The summed E-state index contributed by atoms with van der Waals surface area (Å²) in [6.45, 7) is 3.39. The van der Waals surface area contributed by atoms with Crippen molar-refractivity contribution in [3.05, 3.63) is 29.6 Å². The predicted octanol–water partition coefficient (Wildman–Crippen LogP) is 1.11. The van der Waals surface area contributed by atoms with Crippen molar-refractivity contribution in [1.29, 1.82) is 5.26 Å². The number of halogens is 1. The molecule has 3 nitrogen and oxygen atoms in total. The van der Waals surface area contributed by atoms with Gasteiger partial charge in [-0.25, -0.2) is 4.39 Å². The Labute approximate surface area is 88.1 Å². The first kappa shape index (κ1) is 9.94. The molecule has 78 valence electrons. The van der Waals surface area contributed by atoms with Crippen LogP contribution in [-0.4, -0.2) is 26.2 Å². The van der Waals surface area contributed by atoms with Crippen molar-refractivity contribution >= 4 is 5.69 Å². The molecular weight excluding hydrogens is 193 g/mol. The highest BCUT2D eigenvalue weighted by Gasteiger charge is 2.14. The second-order valence-electron chi connectivity index (χ2n) is 3.51. The second kappa shape index (κ2) is 4.28. The fourth-order valence-corrected chi connectivity index (χ4v) is 1.77. The average Bonchev–Trinajstić information content (AvgIpc) is 2.30. The van der Waals surface area contributed by atoms with Crippen LogP contribution in [0.4, 0.5) is 10.1 Å². The first-order chi connectivity index (χ1) is 7.31. The van der Waals surface area contributed by atoms with Gasteiger partial charge >= 0.3 is 0 Å². The molecule has 1 aromatic carbocycles. The molecule has 1 N–H and O–H groups in total. The molecule has 0 aliphatic carbocycles. The van der Waals surface area contributed by atoms with Gasteiger partial charge in [0.1, 0.15) is 11.9 Å². The van der Waals surface area contributed by atoms with Crippen LogP contribution in [0.2, 0.25) is 0 Å². The zero-order valence-corrected chi connectivity index (χ0v) is 8.33. The Morgan fingerprint density at radius 2 is 2.07 bits per heavy atom. The van der Waals surface area contributed by atoms with Gasteiger partial charge in [-0.05, 0) is 18.2 Å². The second-order valence-corrected chi connectivity index (χ2v) is 3.51. The van der Waals surface area contributed by atoms with Crippen molar-refractivity contribution in [3.63, 3.8) is 0 Å². The third-order valence-electron chi connectivity index (χ3n) is 2.54. The van der Waals surface area contributed by atoms with Crippen molar-refractivity contribution in [3.8, 4) is 6.07 Å². The molecule has 1 fully saturated rings. The van der Waals surface area contributed by atoms with E-state index in [0.717, 1.165) is 26.2 Å². The lowest BCUT2D eigenvalue weighted by Crippen LogP contribution is -2.43. The van der Waals surface area contributed by atoms with E-state index in [1.807, 2.05) is 4.90 Å². The third-order valence-corrected chi connectivity index (χ3v) is 2.54. The number of benzene rings is 1. The summed E-state index contributed by atoms with van der Waals surface area (Å²) in [5.41, 5.74) is 1.25. The lowest BCUT2D eigenvalue weighted by Gasteiger charge is -2.30. The van der Waals surface area contributed by atoms with Gasteiger partial charge in [0, 0.05) is 26.2 Å². The van der Waals surface area contributed by atoms with Crippen molar-refractivity contribution < 1.29 is 4.39 Å². The number of nitrogens with one attached hydrogen (secondary N) is 1. The molecule has 15 heavy (non-hydrogen) atoms. The SMILES string of the molecule is N#Cc1ccc(F)cc1N1CCNCC1. The molecule has 1 aliphatic heterocycles. The van der Waals surface area contributed by atoms with Crippen LogP contribution in [0.15, 0.2) is 18.2 Å². The summed E-state index contributed by atoms with van der Waals surface area (Å²) in [6.07, 6.45) is 0. The Balaban J connectivity index is 2.32. The van der Waals surface area contributed by atoms with E-state index < -0.39 is 0 Å². The molecule has 1 saturated heterocycles. The Hall–Kier alpha value is -1.60. The molecular formula is C11H12FN3. The number of nitriles is 1. The summed E-state index contributed by atoms with van der Waals surface area (Å²) < 4.78 is 13.1. The summed E-state index contributed by atoms with van der Waals surface area (Å²) in [4.78, 5) is 2.04. The van der Waals surface area contributed by atoms with Gasteiger partial charge in [0.05, 0.1) is 11.3 Å². The molecule has 0 saturated carbocycles. The number of anilines is 1. The lowest BCUT2D eigenvalue weighted by atomic mass is 10.1. The van der Waals surface area contributed by atoms with E-state index in [0.29, 0.717) is 11.3 Å². The van der Waals surface area contributed by atoms with Crippen LogP contribution in [0.1, 0.15) is 5.56 Å². The quantitative estimate of drug-likeness (QED) is 0.746. The van der Waals surface area contributed by atoms with Gasteiger partial charge < -0.3 is 10.2 Å². The van der Waals surface area contributed by atoms with Gasteiger partial charge in [-0.2, -0.15) is 5.26 Å². The molecule has 1 aliphatic rings. The maximum atomic E-state index is 13.1. The first-order valence-corrected chi connectivity index (χ1v) is 4.96. The maximum absolute atomic E-state index is 13.1. The summed E-state index contributed by atoms with van der Waals surface area (Å²) in [6, 6.07) is 6.38. The van der Waals surface area contributed by atoms with E-state index in [4.69, 9.17) is 5.26 Å². The Bertz CT molecular complexity index is 391. The minimum atomic E-state index is -0.289. The summed E-state index contributed by atoms with van der Waals surface area (Å²) in [5, 5.41) is 12.1. The zero-order chi connectivity index (χ0) is 10.7. The smallest absolute Gasteiger partial charge is 0.125 e. The fraction of sp³-hybridized carbons (Fsp3) is 0.364. The normalized spacial score (nSPS) is 16.1. The Morgan fingerprint density at radius 3 is 2.73 bits per heavy atom. The molecule has 1 heterocycles. The number of hydrogen-bond acceptors (Lipinski definition) is 3. The molecule has 2 rings (SSSR count). The highest BCUT2D eigenvalue weighted by molar-refractivity contribution is 5.59. The molecule has 0 atom stereocenters. The van der Waals surface area contributed by atoms with Gasteiger partial charge in [-0.15, -0.1) is 0 Å². The summed E-state index contributed by atoms with van der Waals surface area (Å²) in [7, 11) is 0. The topological polar surface area (TPSA) is 39.1 Å². The van der Waals surface area contributed by atoms with Crippen LogP contribution in [0.3, 0.4) is 0 Å². The fourth-order valence-electron chi connectivity index (χ4n) is 1.77. The van der Waals surface area contributed by atoms with Gasteiger partial charge in [-0.1, -0.05) is 0 Å². The standard InChI is InChI=1S/C11H12FN3/c12-10-2-1-9(8-13)11(7-10)15-5-3-14-4-6-15/h1-2,7,14H,3-6H2. The molecule has 0 spiro atoms. The number of hydrogen-bond donors (Lipinski definition) is 1. The van der Waals surface area contributed by atoms with Gasteiger partial charge in [0.15, 0.2) is 0 Å². The molecule has 0 radical (unpaired) electrons. The zero-order valence-electron chi connectivity index (χ0n) is 8.33. The largest absolute Gasteiger partial charge is 0.368 e. The van der Waals surface area contributed by atoms with Crippen molar-refractivity contribution in [2.75, 3.05) is 31.1 Å². The average molecular weight is 205 g/mol. The Morgan fingerprint density at radius 1 is 1.33 bits per heavy atom. The van der Waals surface area contributed by atoms with Crippen LogP contribution in [0.5, 0.6) is 0 Å². The highest BCUT2D eigenvalue weighted by atomic mass is 19.1. The minimum absolute atomic E-state index is 0.289. The van der Waals surface area contributed by atoms with Crippen molar-refractivity contribution in [2.45, 2.75) is 0 Å². The predicted molar refractivity (Wildman–Crippen MR) is 56.2 cm³/mol. The van der Waals surface area contributed by atoms with Crippen LogP contribution in [0, 0.1) is 17.1 Å². The van der Waals surface area contributed by atoms with Gasteiger partial charge in [0.2, 0.25) is 0 Å². The van der Waals surface area contributed by atoms with Crippen molar-refractivity contribution in [1.82, 2.24) is 5.32 Å². The molecule has 0 aromatic heterocycles. The molecule has 0 amide bonds. The first-order valence-electron chi connectivity index (χ1n) is 4.96. The van der Waals surface area contributed by atoms with Crippen LogP contribution >= 0.6 is 0 Å². The van der Waals surface area contributed by atoms with Crippen LogP contribution in [-0.2, 0) is 0 Å². The van der Waals surface area contributed by atoms with E-state index in [2.05, 4.69) is 11.4 Å². The minimum Gasteiger partial charge on any atom is -0.368 e. The highest BCUT2D eigenvalue weighted by Crippen LogP contribution is 2.21. The van der Waals surface area contributed by atoms with E-state index in [1.54, 1.807) is 0 Å². The monoisotopic (exact) mass is 205 g/mol. The third kappa shape index (κ3) is 2.08. The molecule has 1 aromatic rings. The summed E-state index contributed by atoms with van der Waals surface area (Å²) >= 11 is 0. The van der Waals surface area contributed by atoms with E-state index in [-0.39, 0.29) is 5.82 Å².